The minimum absolute atomic E-state index is 0.100. The molecule has 0 bridgehead atoms. The fourth-order valence-corrected chi connectivity index (χ4v) is 1.11. The first-order valence-corrected chi connectivity index (χ1v) is 5.28. The summed E-state index contributed by atoms with van der Waals surface area (Å²) < 4.78 is 80.0. The molecule has 0 spiro atoms. The lowest BCUT2D eigenvalue weighted by atomic mass is 10.2. The van der Waals surface area contributed by atoms with Gasteiger partial charge in [-0.2, -0.15) is 31.3 Å². The molecule has 1 rings (SSSR count). The van der Waals surface area contributed by atoms with Crippen LogP contribution in [0.4, 0.5) is 26.3 Å². The van der Waals surface area contributed by atoms with Gasteiger partial charge in [0.25, 0.3) is 0 Å². The second-order valence-corrected chi connectivity index (χ2v) is 3.78. The van der Waals surface area contributed by atoms with Gasteiger partial charge in [-0.15, -0.1) is 0 Å². The first-order valence-electron chi connectivity index (χ1n) is 5.28. The number of ether oxygens (including phenoxy) is 1. The fourth-order valence-electron chi connectivity index (χ4n) is 1.11. The summed E-state index contributed by atoms with van der Waals surface area (Å²) in [4.78, 5) is 3.50. The molecule has 1 unspecified atom stereocenters. The quantitative estimate of drug-likeness (QED) is 0.639. The predicted molar refractivity (Wildman–Crippen MR) is 50.6 cm³/mol. The van der Waals surface area contributed by atoms with Gasteiger partial charge in [0.2, 0.25) is 5.89 Å². The molecule has 1 atom stereocenters. The monoisotopic (exact) mass is 308 g/mol. The molecule has 0 aliphatic heterocycles. The number of alkyl halides is 6. The van der Waals surface area contributed by atoms with Crippen LogP contribution in [0.5, 0.6) is 0 Å². The lowest BCUT2D eigenvalue weighted by Crippen LogP contribution is -2.30. The maximum absolute atomic E-state index is 12.0. The summed E-state index contributed by atoms with van der Waals surface area (Å²) in [5, 5.41) is 12.0. The Bertz CT molecular complexity index is 417. The molecule has 1 aromatic rings. The molecule has 0 fully saturated rings. The number of aliphatic hydroxyl groups is 1. The van der Waals surface area contributed by atoms with Crippen molar-refractivity contribution in [3.05, 3.63) is 11.7 Å². The van der Waals surface area contributed by atoms with E-state index in [0.29, 0.717) is 0 Å². The SMILES string of the molecule is OC(Cc1nc(CCOCC(F)(F)F)no1)C(F)(F)F. The molecule has 0 aliphatic rings. The molecule has 0 aliphatic carbocycles. The average Bonchev–Trinajstić information content (AvgIpc) is 2.69. The van der Waals surface area contributed by atoms with Crippen LogP contribution in [0.3, 0.4) is 0 Å². The van der Waals surface area contributed by atoms with Gasteiger partial charge in [0.05, 0.1) is 13.0 Å². The van der Waals surface area contributed by atoms with Gasteiger partial charge in [0.1, 0.15) is 6.61 Å². The molecular weight excluding hydrogens is 298 g/mol. The minimum atomic E-state index is -4.82. The molecule has 5 nitrogen and oxygen atoms in total. The molecule has 20 heavy (non-hydrogen) atoms. The highest BCUT2D eigenvalue weighted by Crippen LogP contribution is 2.22. The molecule has 11 heteroatoms. The van der Waals surface area contributed by atoms with E-state index in [2.05, 4.69) is 19.4 Å². The normalized spacial score (nSPS) is 14.6. The Labute approximate surface area is 108 Å². The lowest BCUT2D eigenvalue weighted by Gasteiger charge is -2.11. The zero-order valence-corrected chi connectivity index (χ0v) is 9.83. The number of aromatic nitrogens is 2. The van der Waals surface area contributed by atoms with Gasteiger partial charge in [-0.05, 0) is 0 Å². The van der Waals surface area contributed by atoms with E-state index in [4.69, 9.17) is 5.11 Å². The van der Waals surface area contributed by atoms with E-state index in [1.165, 1.54) is 0 Å². The Morgan fingerprint density at radius 2 is 1.85 bits per heavy atom. The van der Waals surface area contributed by atoms with E-state index in [0.717, 1.165) is 0 Å². The van der Waals surface area contributed by atoms with Crippen LogP contribution in [-0.4, -0.2) is 46.9 Å². The number of hydrogen-bond acceptors (Lipinski definition) is 5. The Kier molecular flexibility index (Phi) is 5.34. The zero-order chi connectivity index (χ0) is 15.4. The summed E-state index contributed by atoms with van der Waals surface area (Å²) in [7, 11) is 0. The molecular formula is C9H10F6N2O3. The molecule has 0 radical (unpaired) electrons. The van der Waals surface area contributed by atoms with Crippen LogP contribution in [0.15, 0.2) is 4.52 Å². The first kappa shape index (κ1) is 16.7. The van der Waals surface area contributed by atoms with Crippen molar-refractivity contribution in [1.82, 2.24) is 10.1 Å². The van der Waals surface area contributed by atoms with Gasteiger partial charge in [0, 0.05) is 6.42 Å². The van der Waals surface area contributed by atoms with Gasteiger partial charge in [-0.25, -0.2) is 0 Å². The Balaban J connectivity index is 2.37. The van der Waals surface area contributed by atoms with Gasteiger partial charge in [0.15, 0.2) is 11.9 Å². The summed E-state index contributed by atoms with van der Waals surface area (Å²) in [5.74, 6) is -0.558. The number of aliphatic hydroxyl groups excluding tert-OH is 1. The van der Waals surface area contributed by atoms with Crippen molar-refractivity contribution in [3.63, 3.8) is 0 Å². The van der Waals surface area contributed by atoms with Crippen molar-refractivity contribution in [2.45, 2.75) is 31.3 Å². The zero-order valence-electron chi connectivity index (χ0n) is 9.83. The second kappa shape index (κ2) is 6.39. The molecule has 1 N–H and O–H groups in total. The molecule has 116 valence electrons. The van der Waals surface area contributed by atoms with Gasteiger partial charge in [-0.1, -0.05) is 5.16 Å². The van der Waals surface area contributed by atoms with Crippen LogP contribution in [0.25, 0.3) is 0 Å². The molecule has 0 saturated heterocycles. The highest BCUT2D eigenvalue weighted by molar-refractivity contribution is 4.89. The minimum Gasteiger partial charge on any atom is -0.383 e. The standard InChI is InChI=1S/C9H10F6N2O3/c10-8(11,12)4-19-2-1-6-16-7(20-17-6)3-5(18)9(13,14)15/h5,18H,1-4H2. The predicted octanol–water partition coefficient (Wildman–Crippen LogP) is 1.66. The summed E-state index contributed by atoms with van der Waals surface area (Å²) in [6.07, 6.45) is -13.0. The first-order chi connectivity index (χ1) is 9.08. The number of nitrogens with zero attached hydrogens (tertiary/aromatic N) is 2. The maximum Gasteiger partial charge on any atom is 0.414 e. The van der Waals surface area contributed by atoms with Crippen LogP contribution in [-0.2, 0) is 17.6 Å². The van der Waals surface area contributed by atoms with Crippen LogP contribution in [0.2, 0.25) is 0 Å². The van der Waals surface area contributed by atoms with Crippen molar-refractivity contribution >= 4 is 0 Å². The molecule has 1 aromatic heterocycles. The molecule has 0 saturated carbocycles. The summed E-state index contributed by atoms with van der Waals surface area (Å²) in [6, 6.07) is 0. The third-order valence-corrected chi connectivity index (χ3v) is 1.99. The van der Waals surface area contributed by atoms with Crippen LogP contribution < -0.4 is 0 Å². The van der Waals surface area contributed by atoms with Crippen LogP contribution in [0.1, 0.15) is 11.7 Å². The van der Waals surface area contributed by atoms with E-state index in [1.807, 2.05) is 0 Å². The fraction of sp³-hybridized carbons (Fsp3) is 0.778. The van der Waals surface area contributed by atoms with E-state index in [-0.39, 0.29) is 18.9 Å². The van der Waals surface area contributed by atoms with Crippen molar-refractivity contribution in [1.29, 1.82) is 0 Å². The third-order valence-electron chi connectivity index (χ3n) is 1.99. The van der Waals surface area contributed by atoms with E-state index in [9.17, 15) is 26.3 Å². The van der Waals surface area contributed by atoms with Gasteiger partial charge < -0.3 is 14.4 Å². The van der Waals surface area contributed by atoms with E-state index in [1.54, 1.807) is 0 Å². The van der Waals surface area contributed by atoms with E-state index < -0.39 is 37.4 Å². The van der Waals surface area contributed by atoms with Crippen molar-refractivity contribution < 1.29 is 40.7 Å². The third kappa shape index (κ3) is 6.19. The average molecular weight is 308 g/mol. The van der Waals surface area contributed by atoms with Crippen molar-refractivity contribution in [2.24, 2.45) is 0 Å². The van der Waals surface area contributed by atoms with Crippen LogP contribution in [0, 0.1) is 0 Å². The highest BCUT2D eigenvalue weighted by Gasteiger charge is 2.39. The second-order valence-electron chi connectivity index (χ2n) is 3.78. The van der Waals surface area contributed by atoms with Gasteiger partial charge >= 0.3 is 12.4 Å². The number of rotatable bonds is 6. The molecule has 0 amide bonds. The maximum atomic E-state index is 12.0. The van der Waals surface area contributed by atoms with Crippen molar-refractivity contribution in [2.75, 3.05) is 13.2 Å². The largest absolute Gasteiger partial charge is 0.414 e. The lowest BCUT2D eigenvalue weighted by molar-refractivity contribution is -0.204. The van der Waals surface area contributed by atoms with E-state index >= 15 is 0 Å². The van der Waals surface area contributed by atoms with Gasteiger partial charge in [-0.3, -0.25) is 0 Å². The number of halogens is 6. The molecule has 0 aromatic carbocycles. The summed E-state index contributed by atoms with van der Waals surface area (Å²) >= 11 is 0. The number of hydrogen-bond donors (Lipinski definition) is 1. The molecule has 1 heterocycles. The van der Waals surface area contributed by atoms with Crippen LogP contribution >= 0.6 is 0 Å². The summed E-state index contributed by atoms with van der Waals surface area (Å²) in [6.45, 7) is -1.80. The Hall–Kier alpha value is -1.36. The topological polar surface area (TPSA) is 68.4 Å². The smallest absolute Gasteiger partial charge is 0.383 e. The van der Waals surface area contributed by atoms with Crippen molar-refractivity contribution in [3.8, 4) is 0 Å². The Morgan fingerprint density at radius 1 is 1.20 bits per heavy atom. The summed E-state index contributed by atoms with van der Waals surface area (Å²) in [5.41, 5.74) is 0. The Morgan fingerprint density at radius 3 is 2.40 bits per heavy atom. The highest BCUT2D eigenvalue weighted by atomic mass is 19.4.